The third kappa shape index (κ3) is 2.71. The molecule has 1 atom stereocenters. The van der Waals surface area contributed by atoms with E-state index in [-0.39, 0.29) is 6.04 Å². The summed E-state index contributed by atoms with van der Waals surface area (Å²) < 4.78 is 0. The van der Waals surface area contributed by atoms with Gasteiger partial charge in [-0.3, -0.25) is 4.98 Å². The van der Waals surface area contributed by atoms with Crippen molar-refractivity contribution in [1.29, 1.82) is 0 Å². The van der Waals surface area contributed by atoms with Crippen molar-refractivity contribution in [1.82, 2.24) is 20.3 Å². The van der Waals surface area contributed by atoms with Gasteiger partial charge in [0.1, 0.15) is 0 Å². The molecule has 0 aromatic carbocycles. The normalized spacial score (nSPS) is 12.4. The highest BCUT2D eigenvalue weighted by Gasteiger charge is 2.10. The molecule has 4 heteroatoms. The molecule has 1 unspecified atom stereocenters. The minimum absolute atomic E-state index is 0.276. The smallest absolute Gasteiger partial charge is 0.160 e. The number of rotatable bonds is 4. The highest BCUT2D eigenvalue weighted by molar-refractivity contribution is 5.53. The van der Waals surface area contributed by atoms with E-state index in [2.05, 4.69) is 34.1 Å². The minimum atomic E-state index is 0.276. The molecule has 4 nitrogen and oxygen atoms in total. The van der Waals surface area contributed by atoms with Crippen molar-refractivity contribution in [3.05, 3.63) is 42.0 Å². The largest absolute Gasteiger partial charge is 0.310 e. The van der Waals surface area contributed by atoms with Gasteiger partial charge in [-0.2, -0.15) is 0 Å². The first-order valence-corrected chi connectivity index (χ1v) is 6.19. The van der Waals surface area contributed by atoms with E-state index in [1.54, 1.807) is 12.4 Å². The summed E-state index contributed by atoms with van der Waals surface area (Å²) in [6, 6.07) is 4.14. The highest BCUT2D eigenvalue weighted by Crippen LogP contribution is 2.18. The fourth-order valence-corrected chi connectivity index (χ4v) is 1.95. The molecule has 0 aliphatic rings. The van der Waals surface area contributed by atoms with E-state index < -0.39 is 0 Å². The highest BCUT2D eigenvalue weighted by atomic mass is 14.9. The molecule has 0 aliphatic carbocycles. The Morgan fingerprint density at radius 3 is 2.78 bits per heavy atom. The molecule has 0 fully saturated rings. The quantitative estimate of drug-likeness (QED) is 0.895. The zero-order valence-corrected chi connectivity index (χ0v) is 11.0. The van der Waals surface area contributed by atoms with Gasteiger partial charge in [0.15, 0.2) is 5.82 Å². The summed E-state index contributed by atoms with van der Waals surface area (Å²) in [6.45, 7) is 7.17. The van der Waals surface area contributed by atoms with Crippen LogP contribution in [0.15, 0.2) is 30.7 Å². The van der Waals surface area contributed by atoms with Gasteiger partial charge < -0.3 is 5.32 Å². The van der Waals surface area contributed by atoms with E-state index >= 15 is 0 Å². The predicted molar refractivity (Wildman–Crippen MR) is 72.1 cm³/mol. The summed E-state index contributed by atoms with van der Waals surface area (Å²) in [5.41, 5.74) is 3.10. The Bertz CT molecular complexity index is 510. The van der Waals surface area contributed by atoms with Gasteiger partial charge in [0.05, 0.1) is 0 Å². The average molecular weight is 242 g/mol. The number of pyridine rings is 1. The zero-order chi connectivity index (χ0) is 13.0. The molecule has 2 rings (SSSR count). The van der Waals surface area contributed by atoms with Crippen molar-refractivity contribution in [3.8, 4) is 11.4 Å². The summed E-state index contributed by atoms with van der Waals surface area (Å²) in [4.78, 5) is 13.1. The first-order valence-electron chi connectivity index (χ1n) is 6.19. The second-order valence-electron chi connectivity index (χ2n) is 4.26. The van der Waals surface area contributed by atoms with Gasteiger partial charge in [0.25, 0.3) is 0 Å². The molecule has 2 aromatic heterocycles. The summed E-state index contributed by atoms with van der Waals surface area (Å²) in [5.74, 6) is 0.730. The maximum atomic E-state index is 4.56. The number of hydrogen-bond acceptors (Lipinski definition) is 4. The van der Waals surface area contributed by atoms with Crippen LogP contribution in [0.4, 0.5) is 0 Å². The van der Waals surface area contributed by atoms with Crippen LogP contribution in [0.25, 0.3) is 11.4 Å². The number of aryl methyl sites for hydroxylation is 1. The lowest BCUT2D eigenvalue weighted by molar-refractivity contribution is 0.590. The van der Waals surface area contributed by atoms with E-state index in [9.17, 15) is 0 Å². The first kappa shape index (κ1) is 12.6. The average Bonchev–Trinajstić information content (AvgIpc) is 2.40. The summed E-state index contributed by atoms with van der Waals surface area (Å²) in [6.07, 6.45) is 5.43. The topological polar surface area (TPSA) is 50.7 Å². The van der Waals surface area contributed by atoms with Crippen molar-refractivity contribution in [3.63, 3.8) is 0 Å². The van der Waals surface area contributed by atoms with E-state index in [1.165, 1.54) is 0 Å². The maximum absolute atomic E-state index is 4.56. The van der Waals surface area contributed by atoms with Crippen LogP contribution in [-0.4, -0.2) is 21.5 Å². The molecule has 0 radical (unpaired) electrons. The van der Waals surface area contributed by atoms with Gasteiger partial charge in [-0.05, 0) is 32.5 Å². The second-order valence-corrected chi connectivity index (χ2v) is 4.26. The lowest BCUT2D eigenvalue weighted by atomic mass is 10.1. The number of hydrogen-bond donors (Lipinski definition) is 1. The molecule has 0 amide bonds. The monoisotopic (exact) mass is 242 g/mol. The number of nitrogens with zero attached hydrogens (tertiary/aromatic N) is 3. The van der Waals surface area contributed by atoms with Crippen molar-refractivity contribution in [2.45, 2.75) is 26.8 Å². The lowest BCUT2D eigenvalue weighted by Gasteiger charge is -2.14. The Kier molecular flexibility index (Phi) is 3.99. The van der Waals surface area contributed by atoms with Crippen LogP contribution in [-0.2, 0) is 0 Å². The van der Waals surface area contributed by atoms with E-state index in [1.807, 2.05) is 25.3 Å². The van der Waals surface area contributed by atoms with Gasteiger partial charge in [-0.25, -0.2) is 9.97 Å². The fraction of sp³-hybridized carbons (Fsp3) is 0.357. The van der Waals surface area contributed by atoms with Gasteiger partial charge in [-0.15, -0.1) is 0 Å². The molecule has 2 heterocycles. The van der Waals surface area contributed by atoms with Crippen LogP contribution in [0, 0.1) is 6.92 Å². The Hall–Kier alpha value is -1.81. The van der Waals surface area contributed by atoms with E-state index in [0.717, 1.165) is 29.2 Å². The van der Waals surface area contributed by atoms with Crippen LogP contribution in [0.5, 0.6) is 0 Å². The lowest BCUT2D eigenvalue weighted by Crippen LogP contribution is -2.19. The van der Waals surface area contributed by atoms with Crippen molar-refractivity contribution < 1.29 is 0 Å². The van der Waals surface area contributed by atoms with E-state index in [0.29, 0.717) is 0 Å². The number of nitrogens with one attached hydrogen (secondary N) is 1. The Morgan fingerprint density at radius 2 is 2.17 bits per heavy atom. The Balaban J connectivity index is 2.31. The Morgan fingerprint density at radius 1 is 1.33 bits per heavy atom. The maximum Gasteiger partial charge on any atom is 0.160 e. The Labute approximate surface area is 108 Å². The SMILES string of the molecule is CCNC(C)c1cnc(-c2cccnc2)nc1C. The number of aromatic nitrogens is 3. The molecule has 0 saturated carbocycles. The molecule has 2 aromatic rings. The molecular weight excluding hydrogens is 224 g/mol. The zero-order valence-electron chi connectivity index (χ0n) is 11.0. The van der Waals surface area contributed by atoms with E-state index in [4.69, 9.17) is 0 Å². The molecule has 0 spiro atoms. The molecule has 94 valence electrons. The van der Waals surface area contributed by atoms with Crippen LogP contribution in [0.2, 0.25) is 0 Å². The standard InChI is InChI=1S/C14H18N4/c1-4-16-10(2)13-9-17-14(18-11(13)3)12-6-5-7-15-8-12/h5-10,16H,4H2,1-3H3. The van der Waals surface area contributed by atoms with Crippen molar-refractivity contribution in [2.24, 2.45) is 0 Å². The minimum Gasteiger partial charge on any atom is -0.310 e. The molecule has 0 bridgehead atoms. The molecule has 18 heavy (non-hydrogen) atoms. The summed E-state index contributed by atoms with van der Waals surface area (Å²) in [5, 5.41) is 3.37. The van der Waals surface area contributed by atoms with Gasteiger partial charge in [-0.1, -0.05) is 6.92 Å². The first-order chi connectivity index (χ1) is 8.72. The molecule has 0 saturated heterocycles. The predicted octanol–water partition coefficient (Wildman–Crippen LogP) is 2.52. The van der Waals surface area contributed by atoms with Gasteiger partial charge in [0, 0.05) is 41.5 Å². The molecule has 0 aliphatic heterocycles. The van der Waals surface area contributed by atoms with Gasteiger partial charge >= 0.3 is 0 Å². The van der Waals surface area contributed by atoms with Crippen LogP contribution in [0.3, 0.4) is 0 Å². The van der Waals surface area contributed by atoms with Crippen molar-refractivity contribution in [2.75, 3.05) is 6.54 Å². The third-order valence-electron chi connectivity index (χ3n) is 2.91. The summed E-state index contributed by atoms with van der Waals surface area (Å²) >= 11 is 0. The third-order valence-corrected chi connectivity index (χ3v) is 2.91. The van der Waals surface area contributed by atoms with Crippen LogP contribution in [0.1, 0.15) is 31.1 Å². The molecular formula is C14H18N4. The molecule has 1 N–H and O–H groups in total. The van der Waals surface area contributed by atoms with Gasteiger partial charge in [0.2, 0.25) is 0 Å². The fourth-order valence-electron chi connectivity index (χ4n) is 1.95. The van der Waals surface area contributed by atoms with Crippen LogP contribution >= 0.6 is 0 Å². The second kappa shape index (κ2) is 5.69. The van der Waals surface area contributed by atoms with Crippen molar-refractivity contribution >= 4 is 0 Å². The van der Waals surface area contributed by atoms with Crippen LogP contribution < -0.4 is 5.32 Å². The summed E-state index contributed by atoms with van der Waals surface area (Å²) in [7, 11) is 0.